The van der Waals surface area contributed by atoms with Gasteiger partial charge in [0.05, 0.1) is 5.52 Å². The summed E-state index contributed by atoms with van der Waals surface area (Å²) in [5.41, 5.74) is 9.78. The number of amides is 1. The van der Waals surface area contributed by atoms with Crippen molar-refractivity contribution in [3.63, 3.8) is 0 Å². The van der Waals surface area contributed by atoms with Crippen LogP contribution in [0.2, 0.25) is 5.02 Å². The van der Waals surface area contributed by atoms with E-state index in [9.17, 15) is 4.79 Å². The standard InChI is InChI=1S/C19H16ClN3O/c1-12-10-17(21)15-11-14(7-8-18(15)22-12)23-19(24)9-6-13-4-2-3-5-16(13)20/h2-11H,1H3,(H2,21,22)(H,23,24)/b9-6+. The Morgan fingerprint density at radius 1 is 1.21 bits per heavy atom. The lowest BCUT2D eigenvalue weighted by atomic mass is 10.1. The molecule has 2 aromatic carbocycles. The Kier molecular flexibility index (Phi) is 4.49. The van der Waals surface area contributed by atoms with Crippen molar-refractivity contribution in [3.8, 4) is 0 Å². The van der Waals surface area contributed by atoms with Crippen LogP contribution >= 0.6 is 11.6 Å². The van der Waals surface area contributed by atoms with Gasteiger partial charge in [0.1, 0.15) is 0 Å². The van der Waals surface area contributed by atoms with E-state index in [1.165, 1.54) is 6.08 Å². The summed E-state index contributed by atoms with van der Waals surface area (Å²) in [6.45, 7) is 1.89. The fraction of sp³-hybridized carbons (Fsp3) is 0.0526. The summed E-state index contributed by atoms with van der Waals surface area (Å²) in [5, 5.41) is 4.23. The highest BCUT2D eigenvalue weighted by molar-refractivity contribution is 6.32. The van der Waals surface area contributed by atoms with Crippen LogP contribution in [0.3, 0.4) is 0 Å². The van der Waals surface area contributed by atoms with Gasteiger partial charge in [0.25, 0.3) is 0 Å². The summed E-state index contributed by atoms with van der Waals surface area (Å²) in [5.74, 6) is -0.243. The van der Waals surface area contributed by atoms with Crippen LogP contribution in [0.1, 0.15) is 11.3 Å². The van der Waals surface area contributed by atoms with Gasteiger partial charge in [0, 0.05) is 33.6 Å². The van der Waals surface area contributed by atoms with Crippen molar-refractivity contribution >= 4 is 45.9 Å². The van der Waals surface area contributed by atoms with Crippen LogP contribution in [0.5, 0.6) is 0 Å². The van der Waals surface area contributed by atoms with E-state index in [0.717, 1.165) is 22.2 Å². The van der Waals surface area contributed by atoms with Gasteiger partial charge in [0.2, 0.25) is 5.91 Å². The Bertz CT molecular complexity index is 950. The monoisotopic (exact) mass is 337 g/mol. The molecule has 1 heterocycles. The molecule has 0 fully saturated rings. The van der Waals surface area contributed by atoms with Gasteiger partial charge in [-0.15, -0.1) is 0 Å². The number of fused-ring (bicyclic) bond motifs is 1. The average molecular weight is 338 g/mol. The highest BCUT2D eigenvalue weighted by atomic mass is 35.5. The Balaban J connectivity index is 1.79. The lowest BCUT2D eigenvalue weighted by molar-refractivity contribution is -0.111. The number of hydrogen-bond donors (Lipinski definition) is 2. The number of aryl methyl sites for hydroxylation is 1. The van der Waals surface area contributed by atoms with Crippen molar-refractivity contribution in [2.24, 2.45) is 0 Å². The number of anilines is 2. The van der Waals surface area contributed by atoms with E-state index in [-0.39, 0.29) is 5.91 Å². The first kappa shape index (κ1) is 16.0. The molecular weight excluding hydrogens is 322 g/mol. The van der Waals surface area contributed by atoms with Crippen LogP contribution in [0.25, 0.3) is 17.0 Å². The van der Waals surface area contributed by atoms with Crippen molar-refractivity contribution in [1.29, 1.82) is 0 Å². The largest absolute Gasteiger partial charge is 0.398 e. The first-order valence-electron chi connectivity index (χ1n) is 7.43. The van der Waals surface area contributed by atoms with Crippen molar-refractivity contribution < 1.29 is 4.79 Å². The lowest BCUT2D eigenvalue weighted by Gasteiger charge is -2.07. The molecule has 0 saturated heterocycles. The van der Waals surface area contributed by atoms with Gasteiger partial charge < -0.3 is 11.1 Å². The predicted molar refractivity (Wildman–Crippen MR) is 100 cm³/mol. The molecule has 0 atom stereocenters. The summed E-state index contributed by atoms with van der Waals surface area (Å²) in [6, 6.07) is 14.6. The number of nitrogens with one attached hydrogen (secondary N) is 1. The Morgan fingerprint density at radius 3 is 2.79 bits per heavy atom. The molecule has 0 bridgehead atoms. The summed E-state index contributed by atoms with van der Waals surface area (Å²) in [4.78, 5) is 16.5. The van der Waals surface area contributed by atoms with Crippen molar-refractivity contribution in [2.45, 2.75) is 6.92 Å². The zero-order valence-corrected chi connectivity index (χ0v) is 13.8. The SMILES string of the molecule is Cc1cc(N)c2cc(NC(=O)/C=C/c3ccccc3Cl)ccc2n1. The van der Waals surface area contributed by atoms with Crippen LogP contribution in [0.15, 0.2) is 54.6 Å². The molecule has 3 N–H and O–H groups in total. The van der Waals surface area contributed by atoms with Gasteiger partial charge >= 0.3 is 0 Å². The van der Waals surface area contributed by atoms with Gasteiger partial charge in [-0.25, -0.2) is 0 Å². The fourth-order valence-corrected chi connectivity index (χ4v) is 2.63. The normalized spacial score (nSPS) is 11.1. The second kappa shape index (κ2) is 6.72. The molecule has 0 radical (unpaired) electrons. The Morgan fingerprint density at radius 2 is 2.00 bits per heavy atom. The van der Waals surface area contributed by atoms with E-state index in [1.807, 2.05) is 43.3 Å². The molecule has 1 amide bonds. The highest BCUT2D eigenvalue weighted by Gasteiger charge is 2.04. The third-order valence-corrected chi connectivity index (χ3v) is 3.90. The minimum absolute atomic E-state index is 0.243. The molecule has 0 saturated carbocycles. The summed E-state index contributed by atoms with van der Waals surface area (Å²) < 4.78 is 0. The summed E-state index contributed by atoms with van der Waals surface area (Å²) >= 11 is 6.06. The lowest BCUT2D eigenvalue weighted by Crippen LogP contribution is -2.07. The number of halogens is 1. The minimum atomic E-state index is -0.243. The van der Waals surface area contributed by atoms with E-state index in [0.29, 0.717) is 16.4 Å². The molecular formula is C19H16ClN3O. The van der Waals surface area contributed by atoms with Crippen LogP contribution in [0, 0.1) is 6.92 Å². The number of nitrogen functional groups attached to an aromatic ring is 1. The fourth-order valence-electron chi connectivity index (χ4n) is 2.43. The van der Waals surface area contributed by atoms with Crippen LogP contribution < -0.4 is 11.1 Å². The quantitative estimate of drug-likeness (QED) is 0.695. The third kappa shape index (κ3) is 3.55. The van der Waals surface area contributed by atoms with Crippen molar-refractivity contribution in [1.82, 2.24) is 4.98 Å². The maximum absolute atomic E-state index is 12.1. The number of nitrogens with zero attached hydrogens (tertiary/aromatic N) is 1. The maximum Gasteiger partial charge on any atom is 0.248 e. The van der Waals surface area contributed by atoms with Crippen molar-refractivity contribution in [2.75, 3.05) is 11.1 Å². The van der Waals surface area contributed by atoms with Gasteiger partial charge in [-0.3, -0.25) is 9.78 Å². The van der Waals surface area contributed by atoms with E-state index < -0.39 is 0 Å². The van der Waals surface area contributed by atoms with Gasteiger partial charge in [0.15, 0.2) is 0 Å². The molecule has 5 heteroatoms. The first-order chi connectivity index (χ1) is 11.5. The molecule has 0 unspecified atom stereocenters. The summed E-state index contributed by atoms with van der Waals surface area (Å²) in [7, 11) is 0. The number of carbonyl (C=O) groups is 1. The number of hydrogen-bond acceptors (Lipinski definition) is 3. The summed E-state index contributed by atoms with van der Waals surface area (Å²) in [6.07, 6.45) is 3.13. The number of benzene rings is 2. The Labute approximate surface area is 145 Å². The molecule has 0 aliphatic rings. The van der Waals surface area contributed by atoms with Gasteiger partial charge in [-0.1, -0.05) is 29.8 Å². The number of carbonyl (C=O) groups excluding carboxylic acids is 1. The molecule has 0 aliphatic heterocycles. The second-order valence-corrected chi connectivity index (χ2v) is 5.84. The van der Waals surface area contributed by atoms with E-state index >= 15 is 0 Å². The third-order valence-electron chi connectivity index (χ3n) is 3.56. The second-order valence-electron chi connectivity index (χ2n) is 5.43. The van der Waals surface area contributed by atoms with Crippen molar-refractivity contribution in [3.05, 3.63) is 70.9 Å². The first-order valence-corrected chi connectivity index (χ1v) is 7.81. The van der Waals surface area contributed by atoms with Gasteiger partial charge in [-0.05, 0) is 48.9 Å². The average Bonchev–Trinajstić information content (AvgIpc) is 2.54. The molecule has 0 aliphatic carbocycles. The van der Waals surface area contributed by atoms with Crippen LogP contribution in [-0.2, 0) is 4.79 Å². The molecule has 120 valence electrons. The topological polar surface area (TPSA) is 68.0 Å². The maximum atomic E-state index is 12.1. The number of pyridine rings is 1. The molecule has 24 heavy (non-hydrogen) atoms. The van der Waals surface area contributed by atoms with E-state index in [2.05, 4.69) is 10.3 Å². The van der Waals surface area contributed by atoms with Crippen LogP contribution in [-0.4, -0.2) is 10.9 Å². The predicted octanol–water partition coefficient (Wildman–Crippen LogP) is 4.43. The zero-order chi connectivity index (χ0) is 17.1. The van der Waals surface area contributed by atoms with Gasteiger partial charge in [-0.2, -0.15) is 0 Å². The molecule has 0 spiro atoms. The smallest absolute Gasteiger partial charge is 0.248 e. The molecule has 3 rings (SSSR count). The van der Waals surface area contributed by atoms with Crippen LogP contribution in [0.4, 0.5) is 11.4 Å². The zero-order valence-electron chi connectivity index (χ0n) is 13.1. The number of nitrogens with two attached hydrogens (primary N) is 1. The number of rotatable bonds is 3. The Hall–Kier alpha value is -2.85. The molecule has 3 aromatic rings. The van der Waals surface area contributed by atoms with E-state index in [4.69, 9.17) is 17.3 Å². The highest BCUT2D eigenvalue weighted by Crippen LogP contribution is 2.24. The number of aromatic nitrogens is 1. The minimum Gasteiger partial charge on any atom is -0.398 e. The van der Waals surface area contributed by atoms with E-state index in [1.54, 1.807) is 18.2 Å². The molecule has 4 nitrogen and oxygen atoms in total. The molecule has 1 aromatic heterocycles.